The molecule has 0 bridgehead atoms. The van der Waals surface area contributed by atoms with Gasteiger partial charge in [0.25, 0.3) is 21.7 Å². The fourth-order valence-corrected chi connectivity index (χ4v) is 3.27. The number of carbonyl (C=O) groups is 1. The second-order valence-electron chi connectivity index (χ2n) is 6.05. The van der Waals surface area contributed by atoms with Crippen LogP contribution in [0.15, 0.2) is 53.4 Å². The van der Waals surface area contributed by atoms with Crippen LogP contribution in [0.5, 0.6) is 5.75 Å². The summed E-state index contributed by atoms with van der Waals surface area (Å²) in [7, 11) is -4.48. The van der Waals surface area contributed by atoms with Crippen LogP contribution in [-0.4, -0.2) is 28.9 Å². The Bertz CT molecular complexity index is 1240. The van der Waals surface area contributed by atoms with Gasteiger partial charge < -0.3 is 10.4 Å². The van der Waals surface area contributed by atoms with Gasteiger partial charge in [-0.25, -0.2) is 0 Å². The number of nitrogens with one attached hydrogen (secondary N) is 1. The highest BCUT2D eigenvalue weighted by atomic mass is 32.2. The second kappa shape index (κ2) is 6.91. The maximum absolute atomic E-state index is 12.6. The molecule has 0 saturated carbocycles. The number of fused-ring (bicyclic) bond motifs is 1. The fraction of sp³-hybridized carbons (Fsp3) is 0.0556. The number of benzene rings is 3. The average molecular weight is 402 g/mol. The first-order valence-electron chi connectivity index (χ1n) is 7.87. The van der Waals surface area contributed by atoms with Crippen LogP contribution in [0, 0.1) is 17.0 Å². The zero-order valence-corrected chi connectivity index (χ0v) is 15.2. The van der Waals surface area contributed by atoms with E-state index in [-0.39, 0.29) is 33.5 Å². The number of phenolic OH excluding ortho intramolecular Hbond substituents is 1. The van der Waals surface area contributed by atoms with Crippen LogP contribution >= 0.6 is 0 Å². The molecule has 10 heteroatoms. The number of nitro groups is 1. The number of aryl methyl sites for hydroxylation is 1. The topological polar surface area (TPSA) is 147 Å². The third-order valence-corrected chi connectivity index (χ3v) is 4.95. The molecule has 28 heavy (non-hydrogen) atoms. The first-order chi connectivity index (χ1) is 13.1. The molecule has 1 amide bonds. The van der Waals surface area contributed by atoms with Crippen molar-refractivity contribution in [3.05, 3.63) is 69.8 Å². The van der Waals surface area contributed by atoms with Crippen molar-refractivity contribution in [2.24, 2.45) is 0 Å². The average Bonchev–Trinajstić information content (AvgIpc) is 2.62. The molecule has 3 aromatic carbocycles. The van der Waals surface area contributed by atoms with Gasteiger partial charge in [-0.2, -0.15) is 8.42 Å². The van der Waals surface area contributed by atoms with E-state index in [2.05, 4.69) is 5.32 Å². The van der Waals surface area contributed by atoms with Crippen molar-refractivity contribution in [2.45, 2.75) is 11.8 Å². The molecule has 0 unspecified atom stereocenters. The Labute approximate surface area is 159 Å². The molecule has 144 valence electrons. The lowest BCUT2D eigenvalue weighted by Crippen LogP contribution is -2.14. The molecule has 0 atom stereocenters. The Hall–Kier alpha value is -3.50. The van der Waals surface area contributed by atoms with Crippen molar-refractivity contribution in [3.8, 4) is 5.75 Å². The molecule has 0 radical (unpaired) electrons. The minimum Gasteiger partial charge on any atom is -0.507 e. The lowest BCUT2D eigenvalue weighted by Gasteiger charge is -2.11. The van der Waals surface area contributed by atoms with Gasteiger partial charge in [-0.1, -0.05) is 12.1 Å². The molecule has 9 nitrogen and oxygen atoms in total. The molecule has 3 rings (SSSR count). The zero-order valence-electron chi connectivity index (χ0n) is 14.4. The van der Waals surface area contributed by atoms with Crippen molar-refractivity contribution < 1.29 is 27.8 Å². The van der Waals surface area contributed by atoms with E-state index in [9.17, 15) is 28.4 Å². The van der Waals surface area contributed by atoms with Crippen LogP contribution in [-0.2, 0) is 10.1 Å². The second-order valence-corrected chi connectivity index (χ2v) is 7.47. The Morgan fingerprint density at radius 3 is 2.43 bits per heavy atom. The summed E-state index contributed by atoms with van der Waals surface area (Å²) in [6.45, 7) is 1.69. The Morgan fingerprint density at radius 1 is 1.07 bits per heavy atom. The van der Waals surface area contributed by atoms with Crippen LogP contribution in [0.4, 0.5) is 11.4 Å². The molecule has 0 aliphatic heterocycles. The van der Waals surface area contributed by atoms with Crippen molar-refractivity contribution in [2.75, 3.05) is 5.32 Å². The third-order valence-electron chi connectivity index (χ3n) is 4.10. The van der Waals surface area contributed by atoms with Gasteiger partial charge in [0.15, 0.2) is 0 Å². The van der Waals surface area contributed by atoms with E-state index in [4.69, 9.17) is 4.55 Å². The number of aromatic hydroxyl groups is 1. The molecule has 3 N–H and O–H groups in total. The molecule has 0 aliphatic rings. The molecule has 0 spiro atoms. The van der Waals surface area contributed by atoms with Crippen molar-refractivity contribution >= 4 is 38.2 Å². The number of carbonyl (C=O) groups excluding carboxylic acids is 1. The maximum atomic E-state index is 12.6. The number of phenols is 1. The standard InChI is InChI=1S/C18H14N2O7S/c1-10-2-6-16(20(23)24)14(8-10)18(22)19-15-5-7-17(21)13-9-11(28(25,26)27)3-4-12(13)15/h2-9,21H,1H3,(H,19,22)(H,25,26,27). The van der Waals surface area contributed by atoms with Gasteiger partial charge >= 0.3 is 0 Å². The Balaban J connectivity index is 2.09. The van der Waals surface area contributed by atoms with Gasteiger partial charge in [0.05, 0.1) is 9.82 Å². The number of hydrogen-bond donors (Lipinski definition) is 3. The molecule has 3 aromatic rings. The minimum atomic E-state index is -4.48. The van der Waals surface area contributed by atoms with Gasteiger partial charge in [0, 0.05) is 22.5 Å². The van der Waals surface area contributed by atoms with E-state index in [0.29, 0.717) is 5.56 Å². The number of rotatable bonds is 4. The van der Waals surface area contributed by atoms with Gasteiger partial charge in [0.1, 0.15) is 11.3 Å². The molecule has 0 saturated heterocycles. The van der Waals surface area contributed by atoms with E-state index in [0.717, 1.165) is 12.1 Å². The van der Waals surface area contributed by atoms with Crippen LogP contribution < -0.4 is 5.32 Å². The summed E-state index contributed by atoms with van der Waals surface area (Å²) in [4.78, 5) is 22.7. The molecule has 0 heterocycles. The number of anilines is 1. The van der Waals surface area contributed by atoms with E-state index in [1.165, 1.54) is 36.4 Å². The summed E-state index contributed by atoms with van der Waals surface area (Å²) >= 11 is 0. The van der Waals surface area contributed by atoms with Gasteiger partial charge in [-0.15, -0.1) is 0 Å². The first-order valence-corrected chi connectivity index (χ1v) is 9.31. The molecular weight excluding hydrogens is 388 g/mol. The van der Waals surface area contributed by atoms with Gasteiger partial charge in [-0.05, 0) is 42.8 Å². The summed E-state index contributed by atoms with van der Waals surface area (Å²) in [5, 5.41) is 24.1. The Morgan fingerprint density at radius 2 is 1.79 bits per heavy atom. The van der Waals surface area contributed by atoms with Crippen molar-refractivity contribution in [1.29, 1.82) is 0 Å². The quantitative estimate of drug-likeness (QED) is 0.263. The van der Waals surface area contributed by atoms with Crippen molar-refractivity contribution in [3.63, 3.8) is 0 Å². The predicted molar refractivity (Wildman–Crippen MR) is 101 cm³/mol. The summed E-state index contributed by atoms with van der Waals surface area (Å²) < 4.78 is 31.8. The van der Waals surface area contributed by atoms with E-state index >= 15 is 0 Å². The minimum absolute atomic E-state index is 0.0756. The van der Waals surface area contributed by atoms with Crippen LogP contribution in [0.1, 0.15) is 15.9 Å². The lowest BCUT2D eigenvalue weighted by atomic mass is 10.1. The number of nitro benzene ring substituents is 1. The van der Waals surface area contributed by atoms with Gasteiger partial charge in [0.2, 0.25) is 0 Å². The molecule has 0 aliphatic carbocycles. The predicted octanol–water partition coefficient (Wildman–Crippen LogP) is 3.26. The maximum Gasteiger partial charge on any atom is 0.294 e. The number of amides is 1. The summed E-state index contributed by atoms with van der Waals surface area (Å²) in [5.41, 5.74) is 0.361. The highest BCUT2D eigenvalue weighted by Gasteiger charge is 2.21. The molecule has 0 fully saturated rings. The van der Waals surface area contributed by atoms with Crippen molar-refractivity contribution in [1.82, 2.24) is 0 Å². The largest absolute Gasteiger partial charge is 0.507 e. The highest BCUT2D eigenvalue weighted by molar-refractivity contribution is 7.85. The summed E-state index contributed by atoms with van der Waals surface area (Å²) in [6.07, 6.45) is 0. The lowest BCUT2D eigenvalue weighted by molar-refractivity contribution is -0.385. The zero-order chi connectivity index (χ0) is 20.6. The van der Waals surface area contributed by atoms with Gasteiger partial charge in [-0.3, -0.25) is 19.5 Å². The van der Waals surface area contributed by atoms with E-state index in [1.807, 2.05) is 0 Å². The van der Waals surface area contributed by atoms with Crippen LogP contribution in [0.2, 0.25) is 0 Å². The SMILES string of the molecule is Cc1ccc([N+](=O)[O-])c(C(=O)Nc2ccc(O)c3cc(S(=O)(=O)O)ccc23)c1. The highest BCUT2D eigenvalue weighted by Crippen LogP contribution is 2.33. The fourth-order valence-electron chi connectivity index (χ4n) is 2.76. The molecular formula is C18H14N2O7S. The van der Waals surface area contributed by atoms with Crippen LogP contribution in [0.3, 0.4) is 0 Å². The monoisotopic (exact) mass is 402 g/mol. The third kappa shape index (κ3) is 3.63. The number of hydrogen-bond acceptors (Lipinski definition) is 6. The normalized spacial score (nSPS) is 11.4. The summed E-state index contributed by atoms with van der Waals surface area (Å²) in [5.74, 6) is -0.999. The first kappa shape index (κ1) is 19.3. The summed E-state index contributed by atoms with van der Waals surface area (Å²) in [6, 6.07) is 10.2. The smallest absolute Gasteiger partial charge is 0.294 e. The number of nitrogens with zero attached hydrogens (tertiary/aromatic N) is 1. The van der Waals surface area contributed by atoms with Crippen LogP contribution in [0.25, 0.3) is 10.8 Å². The van der Waals surface area contributed by atoms with E-state index < -0.39 is 25.8 Å². The molecule has 0 aromatic heterocycles. The Kier molecular flexibility index (Phi) is 4.75. The van der Waals surface area contributed by atoms with E-state index in [1.54, 1.807) is 6.92 Å².